The van der Waals surface area contributed by atoms with Crippen LogP contribution in [0, 0.1) is 11.7 Å². The standard InChI is InChI=1S/C16H25FN2O/c1-6-18-13(14-12(17)8-7-9-19-14)11-10-15(2,3)20-16(11,4)5/h7-9,11,13,18H,6,10H2,1-5H3. The summed E-state index contributed by atoms with van der Waals surface area (Å²) < 4.78 is 20.3. The van der Waals surface area contributed by atoms with Crippen LogP contribution in [0.1, 0.15) is 52.8 Å². The zero-order valence-electron chi connectivity index (χ0n) is 13.0. The van der Waals surface area contributed by atoms with Crippen molar-refractivity contribution in [3.63, 3.8) is 0 Å². The number of hydrogen-bond donors (Lipinski definition) is 1. The number of nitrogens with zero attached hydrogens (tertiary/aromatic N) is 1. The molecule has 1 aromatic rings. The highest BCUT2D eigenvalue weighted by Crippen LogP contribution is 2.47. The van der Waals surface area contributed by atoms with Crippen molar-refractivity contribution in [3.8, 4) is 0 Å². The van der Waals surface area contributed by atoms with Crippen molar-refractivity contribution in [2.45, 2.75) is 58.3 Å². The van der Waals surface area contributed by atoms with Crippen molar-refractivity contribution in [1.82, 2.24) is 10.3 Å². The number of pyridine rings is 1. The molecule has 0 aromatic carbocycles. The van der Waals surface area contributed by atoms with Gasteiger partial charge < -0.3 is 10.1 Å². The Labute approximate surface area is 120 Å². The van der Waals surface area contributed by atoms with E-state index in [-0.39, 0.29) is 29.0 Å². The SMILES string of the molecule is CCNC(c1ncccc1F)C1CC(C)(C)OC1(C)C. The number of ether oxygens (including phenoxy) is 1. The molecular formula is C16H25FN2O. The van der Waals surface area contributed by atoms with Gasteiger partial charge in [0.05, 0.1) is 22.9 Å². The van der Waals surface area contributed by atoms with E-state index >= 15 is 0 Å². The van der Waals surface area contributed by atoms with E-state index < -0.39 is 0 Å². The maximum atomic E-state index is 14.1. The number of nitrogens with one attached hydrogen (secondary N) is 1. The van der Waals surface area contributed by atoms with Crippen LogP contribution in [0.15, 0.2) is 18.3 Å². The smallest absolute Gasteiger partial charge is 0.146 e. The molecule has 1 N–H and O–H groups in total. The molecule has 1 aliphatic heterocycles. The van der Waals surface area contributed by atoms with Crippen LogP contribution in [-0.2, 0) is 4.74 Å². The minimum absolute atomic E-state index is 0.127. The first kappa shape index (κ1) is 15.4. The lowest BCUT2D eigenvalue weighted by atomic mass is 9.80. The average Bonchev–Trinajstić information content (AvgIpc) is 2.55. The number of hydrogen-bond acceptors (Lipinski definition) is 3. The Bertz CT molecular complexity index is 473. The molecular weight excluding hydrogens is 255 g/mol. The van der Waals surface area contributed by atoms with Gasteiger partial charge in [-0.2, -0.15) is 0 Å². The van der Waals surface area contributed by atoms with Crippen LogP contribution in [0.4, 0.5) is 4.39 Å². The molecule has 0 saturated carbocycles. The van der Waals surface area contributed by atoms with Crippen molar-refractivity contribution >= 4 is 0 Å². The van der Waals surface area contributed by atoms with E-state index in [1.807, 2.05) is 6.92 Å². The van der Waals surface area contributed by atoms with Gasteiger partial charge in [0, 0.05) is 12.1 Å². The second kappa shape index (κ2) is 5.41. The van der Waals surface area contributed by atoms with Gasteiger partial charge in [0.2, 0.25) is 0 Å². The van der Waals surface area contributed by atoms with Gasteiger partial charge >= 0.3 is 0 Å². The van der Waals surface area contributed by atoms with Crippen LogP contribution in [0.5, 0.6) is 0 Å². The van der Waals surface area contributed by atoms with Gasteiger partial charge in [-0.15, -0.1) is 0 Å². The molecule has 1 aromatic heterocycles. The molecule has 0 bridgehead atoms. The minimum atomic E-state index is -0.305. The summed E-state index contributed by atoms with van der Waals surface area (Å²) in [5, 5.41) is 3.39. The third kappa shape index (κ3) is 3.01. The fourth-order valence-corrected chi connectivity index (χ4v) is 3.40. The van der Waals surface area contributed by atoms with Crippen LogP contribution < -0.4 is 5.32 Å². The molecule has 2 unspecified atom stereocenters. The van der Waals surface area contributed by atoms with E-state index in [2.05, 4.69) is 38.0 Å². The van der Waals surface area contributed by atoms with Gasteiger partial charge in [-0.3, -0.25) is 4.98 Å². The second-order valence-corrected chi connectivity index (χ2v) is 6.68. The fourth-order valence-electron chi connectivity index (χ4n) is 3.40. The molecule has 2 rings (SSSR count). The first-order chi connectivity index (χ1) is 9.27. The van der Waals surface area contributed by atoms with Crippen LogP contribution in [0.2, 0.25) is 0 Å². The molecule has 20 heavy (non-hydrogen) atoms. The maximum absolute atomic E-state index is 14.1. The van der Waals surface area contributed by atoms with E-state index in [0.29, 0.717) is 5.69 Å². The van der Waals surface area contributed by atoms with Gasteiger partial charge in [-0.1, -0.05) is 6.92 Å². The highest BCUT2D eigenvalue weighted by Gasteiger charge is 2.49. The van der Waals surface area contributed by atoms with E-state index in [4.69, 9.17) is 4.74 Å². The zero-order valence-corrected chi connectivity index (χ0v) is 13.0. The summed E-state index contributed by atoms with van der Waals surface area (Å²) in [5.41, 5.74) is 0.00152. The quantitative estimate of drug-likeness (QED) is 0.917. The molecule has 112 valence electrons. The van der Waals surface area contributed by atoms with Crippen molar-refractivity contribution in [2.24, 2.45) is 5.92 Å². The minimum Gasteiger partial charge on any atom is -0.369 e. The van der Waals surface area contributed by atoms with Gasteiger partial charge in [0.25, 0.3) is 0 Å². The lowest BCUT2D eigenvalue weighted by Gasteiger charge is -2.33. The molecule has 0 radical (unpaired) electrons. The van der Waals surface area contributed by atoms with Crippen LogP contribution in [0.3, 0.4) is 0 Å². The summed E-state index contributed by atoms with van der Waals surface area (Å²) in [4.78, 5) is 4.26. The van der Waals surface area contributed by atoms with Gasteiger partial charge in [-0.25, -0.2) is 4.39 Å². The predicted octanol–water partition coefficient (Wildman–Crippen LogP) is 3.47. The van der Waals surface area contributed by atoms with Crippen molar-refractivity contribution in [2.75, 3.05) is 6.54 Å². The summed E-state index contributed by atoms with van der Waals surface area (Å²) in [6, 6.07) is 2.97. The monoisotopic (exact) mass is 280 g/mol. The Morgan fingerprint density at radius 1 is 1.45 bits per heavy atom. The molecule has 2 heterocycles. The predicted molar refractivity (Wildman–Crippen MR) is 78.0 cm³/mol. The summed E-state index contributed by atoms with van der Waals surface area (Å²) >= 11 is 0. The lowest BCUT2D eigenvalue weighted by Crippen LogP contribution is -2.39. The molecule has 1 aliphatic rings. The van der Waals surface area contributed by atoms with Gasteiger partial charge in [0.1, 0.15) is 5.82 Å². The third-order valence-corrected chi connectivity index (χ3v) is 4.05. The van der Waals surface area contributed by atoms with Crippen molar-refractivity contribution in [3.05, 3.63) is 29.8 Å². The normalized spacial score (nSPS) is 25.6. The highest BCUT2D eigenvalue weighted by molar-refractivity contribution is 5.16. The molecule has 3 nitrogen and oxygen atoms in total. The number of aromatic nitrogens is 1. The first-order valence-corrected chi connectivity index (χ1v) is 7.31. The van der Waals surface area contributed by atoms with E-state index in [1.54, 1.807) is 12.3 Å². The Morgan fingerprint density at radius 2 is 2.15 bits per heavy atom. The Morgan fingerprint density at radius 3 is 2.65 bits per heavy atom. The molecule has 1 saturated heterocycles. The molecule has 2 atom stereocenters. The number of rotatable bonds is 4. The molecule has 4 heteroatoms. The summed E-state index contributed by atoms with van der Waals surface area (Å²) in [7, 11) is 0. The van der Waals surface area contributed by atoms with Gasteiger partial charge in [-0.05, 0) is 52.8 Å². The van der Waals surface area contributed by atoms with Crippen molar-refractivity contribution in [1.29, 1.82) is 0 Å². The molecule has 0 spiro atoms. The van der Waals surface area contributed by atoms with E-state index in [0.717, 1.165) is 13.0 Å². The van der Waals surface area contributed by atoms with E-state index in [1.165, 1.54) is 6.07 Å². The third-order valence-electron chi connectivity index (χ3n) is 4.05. The van der Waals surface area contributed by atoms with Crippen molar-refractivity contribution < 1.29 is 9.13 Å². The Hall–Kier alpha value is -1.00. The first-order valence-electron chi connectivity index (χ1n) is 7.31. The van der Waals surface area contributed by atoms with Crippen LogP contribution in [0.25, 0.3) is 0 Å². The number of halogens is 1. The largest absolute Gasteiger partial charge is 0.369 e. The second-order valence-electron chi connectivity index (χ2n) is 6.68. The average molecular weight is 280 g/mol. The summed E-state index contributed by atoms with van der Waals surface area (Å²) in [5.74, 6) is -0.0687. The van der Waals surface area contributed by atoms with E-state index in [9.17, 15) is 4.39 Å². The zero-order chi connectivity index (χ0) is 15.0. The Kier molecular flexibility index (Phi) is 4.17. The molecule has 1 fully saturated rings. The topological polar surface area (TPSA) is 34.2 Å². The molecule has 0 aliphatic carbocycles. The Balaban J connectivity index is 2.37. The highest BCUT2D eigenvalue weighted by atomic mass is 19.1. The lowest BCUT2D eigenvalue weighted by molar-refractivity contribution is -0.0780. The fraction of sp³-hybridized carbons (Fsp3) is 0.688. The van der Waals surface area contributed by atoms with Gasteiger partial charge in [0.15, 0.2) is 0 Å². The van der Waals surface area contributed by atoms with Crippen LogP contribution >= 0.6 is 0 Å². The molecule has 0 amide bonds. The summed E-state index contributed by atoms with van der Waals surface area (Å²) in [6.07, 6.45) is 2.53. The van der Waals surface area contributed by atoms with Crippen LogP contribution in [-0.4, -0.2) is 22.7 Å². The summed E-state index contributed by atoms with van der Waals surface area (Å²) in [6.45, 7) is 11.1. The maximum Gasteiger partial charge on any atom is 0.146 e.